The highest BCUT2D eigenvalue weighted by Gasteiger charge is 2.30. The molecule has 1 fully saturated rings. The Balaban J connectivity index is 1.67. The van der Waals surface area contributed by atoms with Gasteiger partial charge in [-0.1, -0.05) is 12.1 Å². The number of benzene rings is 2. The van der Waals surface area contributed by atoms with Crippen LogP contribution in [0.15, 0.2) is 42.5 Å². The lowest BCUT2D eigenvalue weighted by molar-refractivity contribution is -0.134. The molecule has 1 aliphatic heterocycles. The van der Waals surface area contributed by atoms with Gasteiger partial charge in [-0.25, -0.2) is 0 Å². The second kappa shape index (κ2) is 8.78. The van der Waals surface area contributed by atoms with E-state index in [4.69, 9.17) is 14.2 Å². The first-order chi connectivity index (χ1) is 13.5. The third kappa shape index (κ3) is 4.27. The van der Waals surface area contributed by atoms with Crippen molar-refractivity contribution in [2.75, 3.05) is 27.4 Å². The number of hydrogen-bond acceptors (Lipinski definition) is 5. The summed E-state index contributed by atoms with van der Waals surface area (Å²) in [5, 5.41) is 0. The molecule has 6 nitrogen and oxygen atoms in total. The number of rotatable bonds is 7. The molecule has 1 heterocycles. The van der Waals surface area contributed by atoms with Gasteiger partial charge in [0, 0.05) is 12.1 Å². The van der Waals surface area contributed by atoms with E-state index >= 15 is 0 Å². The molecule has 0 spiro atoms. The Hall–Kier alpha value is -3.02. The molecular weight excluding hydrogens is 358 g/mol. The van der Waals surface area contributed by atoms with E-state index in [1.54, 1.807) is 25.3 Å². The Morgan fingerprint density at radius 1 is 1.04 bits per heavy atom. The first kappa shape index (κ1) is 19.7. The second-order valence-corrected chi connectivity index (χ2v) is 6.73. The molecule has 0 unspecified atom stereocenters. The third-order valence-electron chi connectivity index (χ3n) is 5.00. The maximum Gasteiger partial charge on any atom is 0.261 e. The molecule has 1 saturated heterocycles. The van der Waals surface area contributed by atoms with Crippen LogP contribution in [0.1, 0.15) is 41.7 Å². The second-order valence-electron chi connectivity index (χ2n) is 6.73. The van der Waals surface area contributed by atoms with Crippen LogP contribution in [0.5, 0.6) is 17.2 Å². The largest absolute Gasteiger partial charge is 0.497 e. The molecule has 0 aromatic heterocycles. The molecule has 148 valence electrons. The van der Waals surface area contributed by atoms with Crippen LogP contribution in [0, 0.1) is 0 Å². The van der Waals surface area contributed by atoms with E-state index in [1.807, 2.05) is 29.2 Å². The van der Waals surface area contributed by atoms with Gasteiger partial charge in [-0.2, -0.15) is 0 Å². The van der Waals surface area contributed by atoms with E-state index in [0.717, 1.165) is 24.2 Å². The van der Waals surface area contributed by atoms with Crippen LogP contribution in [0.4, 0.5) is 0 Å². The van der Waals surface area contributed by atoms with Gasteiger partial charge in [0.05, 0.1) is 20.3 Å². The number of amides is 1. The van der Waals surface area contributed by atoms with Crippen LogP contribution >= 0.6 is 0 Å². The predicted molar refractivity (Wildman–Crippen MR) is 105 cm³/mol. The molecule has 2 aromatic rings. The van der Waals surface area contributed by atoms with E-state index < -0.39 is 0 Å². The summed E-state index contributed by atoms with van der Waals surface area (Å²) in [4.78, 5) is 26.2. The Labute approximate surface area is 165 Å². The molecule has 0 saturated carbocycles. The fourth-order valence-corrected chi connectivity index (χ4v) is 3.47. The van der Waals surface area contributed by atoms with Gasteiger partial charge in [-0.3, -0.25) is 9.59 Å². The Kier molecular flexibility index (Phi) is 6.19. The number of ketones is 1. The summed E-state index contributed by atoms with van der Waals surface area (Å²) in [6, 6.07) is 12.8. The van der Waals surface area contributed by atoms with E-state index in [9.17, 15) is 9.59 Å². The Morgan fingerprint density at radius 2 is 1.79 bits per heavy atom. The van der Waals surface area contributed by atoms with Gasteiger partial charge in [0.2, 0.25) is 0 Å². The molecule has 0 bridgehead atoms. The number of likely N-dealkylation sites (tertiary alicyclic amines) is 1. The first-order valence-electron chi connectivity index (χ1n) is 9.28. The third-order valence-corrected chi connectivity index (χ3v) is 5.00. The van der Waals surface area contributed by atoms with Crippen molar-refractivity contribution in [3.63, 3.8) is 0 Å². The number of Topliss-reactive ketones (excluding diaryl/α,β-unsaturated/α-hetero) is 1. The smallest absolute Gasteiger partial charge is 0.261 e. The van der Waals surface area contributed by atoms with Gasteiger partial charge < -0.3 is 19.1 Å². The summed E-state index contributed by atoms with van der Waals surface area (Å²) >= 11 is 0. The summed E-state index contributed by atoms with van der Waals surface area (Å²) < 4.78 is 16.2. The SMILES string of the molecule is COc1ccc([C@H]2CCCN2C(=O)COc2ccc(C(C)=O)cc2OC)cc1. The number of methoxy groups -OCH3 is 2. The number of ether oxygens (including phenoxy) is 3. The van der Waals surface area contributed by atoms with Gasteiger partial charge in [0.1, 0.15) is 5.75 Å². The quantitative estimate of drug-likeness (QED) is 0.683. The molecule has 1 atom stereocenters. The van der Waals surface area contributed by atoms with Crippen LogP contribution in [0.3, 0.4) is 0 Å². The summed E-state index contributed by atoms with van der Waals surface area (Å²) in [5.41, 5.74) is 1.63. The van der Waals surface area contributed by atoms with Gasteiger partial charge in [0.15, 0.2) is 23.9 Å². The summed E-state index contributed by atoms with van der Waals surface area (Å²) in [6.07, 6.45) is 1.88. The summed E-state index contributed by atoms with van der Waals surface area (Å²) in [5.74, 6) is 1.55. The molecule has 3 rings (SSSR count). The molecule has 1 amide bonds. The van der Waals surface area contributed by atoms with Gasteiger partial charge in [-0.15, -0.1) is 0 Å². The van der Waals surface area contributed by atoms with Crippen molar-refractivity contribution in [2.45, 2.75) is 25.8 Å². The molecular formula is C22H25NO5. The zero-order valence-corrected chi connectivity index (χ0v) is 16.4. The minimum Gasteiger partial charge on any atom is -0.497 e. The highest BCUT2D eigenvalue weighted by Crippen LogP contribution is 2.33. The lowest BCUT2D eigenvalue weighted by atomic mass is 10.0. The standard InChI is InChI=1S/C22H25NO5/c1-15(24)17-8-11-20(21(13-17)27-3)28-14-22(25)23-12-4-5-19(23)16-6-9-18(26-2)10-7-16/h6-11,13,19H,4-5,12,14H2,1-3H3/t19-/m1/s1. The van der Waals surface area contributed by atoms with E-state index in [-0.39, 0.29) is 24.3 Å². The van der Waals surface area contributed by atoms with E-state index in [1.165, 1.54) is 14.0 Å². The lowest BCUT2D eigenvalue weighted by Crippen LogP contribution is -2.34. The normalized spacial score (nSPS) is 16.0. The lowest BCUT2D eigenvalue weighted by Gasteiger charge is -2.25. The zero-order chi connectivity index (χ0) is 20.1. The Bertz CT molecular complexity index is 847. The van der Waals surface area contributed by atoms with Crippen molar-refractivity contribution >= 4 is 11.7 Å². The summed E-state index contributed by atoms with van der Waals surface area (Å²) in [7, 11) is 3.14. The van der Waals surface area contributed by atoms with Crippen LogP contribution in [-0.2, 0) is 4.79 Å². The first-order valence-corrected chi connectivity index (χ1v) is 9.28. The van der Waals surface area contributed by atoms with Crippen LogP contribution < -0.4 is 14.2 Å². The van der Waals surface area contributed by atoms with Crippen molar-refractivity contribution in [3.8, 4) is 17.2 Å². The Morgan fingerprint density at radius 3 is 2.43 bits per heavy atom. The molecule has 1 aliphatic rings. The number of carbonyl (C=O) groups excluding carboxylic acids is 2. The highest BCUT2D eigenvalue weighted by atomic mass is 16.5. The number of carbonyl (C=O) groups is 2. The van der Waals surface area contributed by atoms with Crippen LogP contribution in [-0.4, -0.2) is 44.0 Å². The molecule has 6 heteroatoms. The highest BCUT2D eigenvalue weighted by molar-refractivity contribution is 5.94. The minimum atomic E-state index is -0.0809. The van der Waals surface area contributed by atoms with Crippen molar-refractivity contribution in [3.05, 3.63) is 53.6 Å². The molecule has 2 aromatic carbocycles. The van der Waals surface area contributed by atoms with Crippen molar-refractivity contribution in [1.29, 1.82) is 0 Å². The maximum atomic E-state index is 12.8. The average molecular weight is 383 g/mol. The minimum absolute atomic E-state index is 0.0454. The van der Waals surface area contributed by atoms with Crippen molar-refractivity contribution in [2.24, 2.45) is 0 Å². The van der Waals surface area contributed by atoms with Gasteiger partial charge in [0.25, 0.3) is 5.91 Å². The molecule has 0 N–H and O–H groups in total. The number of hydrogen-bond donors (Lipinski definition) is 0. The maximum absolute atomic E-state index is 12.8. The topological polar surface area (TPSA) is 65.1 Å². The molecule has 0 radical (unpaired) electrons. The van der Waals surface area contributed by atoms with E-state index in [0.29, 0.717) is 23.6 Å². The average Bonchev–Trinajstić information content (AvgIpc) is 3.21. The number of nitrogens with zero attached hydrogens (tertiary/aromatic N) is 1. The van der Waals surface area contributed by atoms with Gasteiger partial charge >= 0.3 is 0 Å². The van der Waals surface area contributed by atoms with Crippen LogP contribution in [0.2, 0.25) is 0 Å². The van der Waals surface area contributed by atoms with E-state index in [2.05, 4.69) is 0 Å². The predicted octanol–water partition coefficient (Wildman–Crippen LogP) is 3.65. The molecule has 0 aliphatic carbocycles. The summed E-state index contributed by atoms with van der Waals surface area (Å²) in [6.45, 7) is 2.12. The zero-order valence-electron chi connectivity index (χ0n) is 16.4. The fraction of sp³-hybridized carbons (Fsp3) is 0.364. The molecule has 28 heavy (non-hydrogen) atoms. The van der Waals surface area contributed by atoms with Crippen molar-refractivity contribution in [1.82, 2.24) is 4.90 Å². The monoisotopic (exact) mass is 383 g/mol. The fourth-order valence-electron chi connectivity index (χ4n) is 3.47. The van der Waals surface area contributed by atoms with Crippen molar-refractivity contribution < 1.29 is 23.8 Å². The van der Waals surface area contributed by atoms with Gasteiger partial charge in [-0.05, 0) is 55.7 Å². The van der Waals surface area contributed by atoms with Crippen LogP contribution in [0.25, 0.3) is 0 Å².